The van der Waals surface area contributed by atoms with Crippen molar-refractivity contribution >= 4 is 17.5 Å². The second-order valence-corrected chi connectivity index (χ2v) is 5.83. The van der Waals surface area contributed by atoms with Gasteiger partial charge in [-0.2, -0.15) is 5.26 Å². The van der Waals surface area contributed by atoms with Gasteiger partial charge in [0.25, 0.3) is 11.8 Å². The first-order valence-electron chi connectivity index (χ1n) is 7.69. The minimum atomic E-state index is -0.302. The predicted octanol–water partition coefficient (Wildman–Crippen LogP) is 3.20. The SMILES string of the molecule is CC(C)CNC(=O)c1ccc(NC(=O)c2cccc(C#N)c2)cc1. The van der Waals surface area contributed by atoms with E-state index < -0.39 is 0 Å². The molecule has 0 atom stereocenters. The quantitative estimate of drug-likeness (QED) is 0.887. The Morgan fingerprint density at radius 2 is 1.75 bits per heavy atom. The van der Waals surface area contributed by atoms with Gasteiger partial charge in [-0.3, -0.25) is 9.59 Å². The minimum absolute atomic E-state index is 0.136. The highest BCUT2D eigenvalue weighted by molar-refractivity contribution is 6.04. The van der Waals surface area contributed by atoms with E-state index in [4.69, 9.17) is 5.26 Å². The molecule has 0 heterocycles. The monoisotopic (exact) mass is 321 g/mol. The standard InChI is InChI=1S/C19H19N3O2/c1-13(2)12-21-18(23)15-6-8-17(9-7-15)22-19(24)16-5-3-4-14(10-16)11-20/h3-10,13H,12H2,1-2H3,(H,21,23)(H,22,24). The third kappa shape index (κ3) is 4.68. The molecule has 2 N–H and O–H groups in total. The number of anilines is 1. The van der Waals surface area contributed by atoms with Gasteiger partial charge in [-0.05, 0) is 48.4 Å². The van der Waals surface area contributed by atoms with Crippen LogP contribution < -0.4 is 10.6 Å². The number of nitrogens with zero attached hydrogens (tertiary/aromatic N) is 1. The van der Waals surface area contributed by atoms with E-state index in [2.05, 4.69) is 10.6 Å². The van der Waals surface area contributed by atoms with Crippen LogP contribution in [0.15, 0.2) is 48.5 Å². The van der Waals surface area contributed by atoms with Crippen LogP contribution in [0, 0.1) is 17.2 Å². The van der Waals surface area contributed by atoms with E-state index in [1.807, 2.05) is 19.9 Å². The van der Waals surface area contributed by atoms with Crippen LogP contribution in [0.25, 0.3) is 0 Å². The zero-order valence-electron chi connectivity index (χ0n) is 13.7. The van der Waals surface area contributed by atoms with E-state index in [0.717, 1.165) is 0 Å². The fraction of sp³-hybridized carbons (Fsp3) is 0.211. The van der Waals surface area contributed by atoms with E-state index in [1.165, 1.54) is 6.07 Å². The third-order valence-corrected chi connectivity index (χ3v) is 3.33. The molecule has 2 rings (SSSR count). The summed E-state index contributed by atoms with van der Waals surface area (Å²) in [4.78, 5) is 24.1. The number of rotatable bonds is 5. The summed E-state index contributed by atoms with van der Waals surface area (Å²) in [5, 5.41) is 14.5. The van der Waals surface area contributed by atoms with Gasteiger partial charge >= 0.3 is 0 Å². The number of benzene rings is 2. The lowest BCUT2D eigenvalue weighted by atomic mass is 10.1. The topological polar surface area (TPSA) is 82.0 Å². The second-order valence-electron chi connectivity index (χ2n) is 5.83. The molecule has 0 saturated carbocycles. The molecule has 0 bridgehead atoms. The van der Waals surface area contributed by atoms with Gasteiger partial charge < -0.3 is 10.6 Å². The summed E-state index contributed by atoms with van der Waals surface area (Å²) in [6.07, 6.45) is 0. The molecule has 0 radical (unpaired) electrons. The Bertz CT molecular complexity index is 774. The van der Waals surface area contributed by atoms with Gasteiger partial charge in [-0.1, -0.05) is 19.9 Å². The Hall–Kier alpha value is -3.13. The average molecular weight is 321 g/mol. The maximum Gasteiger partial charge on any atom is 0.255 e. The zero-order valence-corrected chi connectivity index (χ0v) is 13.7. The van der Waals surface area contributed by atoms with Gasteiger partial charge in [0.2, 0.25) is 0 Å². The Kier molecular flexibility index (Phi) is 5.69. The van der Waals surface area contributed by atoms with Crippen molar-refractivity contribution in [3.05, 3.63) is 65.2 Å². The molecule has 0 unspecified atom stereocenters. The van der Waals surface area contributed by atoms with E-state index >= 15 is 0 Å². The number of hydrogen-bond acceptors (Lipinski definition) is 3. The molecule has 5 heteroatoms. The van der Waals surface area contributed by atoms with Crippen LogP contribution in [0.4, 0.5) is 5.69 Å². The minimum Gasteiger partial charge on any atom is -0.352 e. The van der Waals surface area contributed by atoms with Crippen molar-refractivity contribution in [2.45, 2.75) is 13.8 Å². The summed E-state index contributed by atoms with van der Waals surface area (Å²) < 4.78 is 0. The van der Waals surface area contributed by atoms with Crippen LogP contribution in [-0.4, -0.2) is 18.4 Å². The summed E-state index contributed by atoms with van der Waals surface area (Å²) in [5.74, 6) is -0.0518. The zero-order chi connectivity index (χ0) is 17.5. The molecule has 0 fully saturated rings. The molecule has 0 aliphatic rings. The summed E-state index contributed by atoms with van der Waals surface area (Å²) in [7, 11) is 0. The lowest BCUT2D eigenvalue weighted by Crippen LogP contribution is -2.27. The highest BCUT2D eigenvalue weighted by Crippen LogP contribution is 2.12. The van der Waals surface area contributed by atoms with Crippen LogP contribution in [0.2, 0.25) is 0 Å². The Labute approximate surface area is 141 Å². The third-order valence-electron chi connectivity index (χ3n) is 3.33. The maximum absolute atomic E-state index is 12.2. The van der Waals surface area contributed by atoms with Crippen LogP contribution in [-0.2, 0) is 0 Å². The molecule has 2 aromatic rings. The van der Waals surface area contributed by atoms with Gasteiger partial charge in [0, 0.05) is 23.4 Å². The molecule has 5 nitrogen and oxygen atoms in total. The van der Waals surface area contributed by atoms with Crippen molar-refractivity contribution in [1.29, 1.82) is 5.26 Å². The fourth-order valence-corrected chi connectivity index (χ4v) is 2.04. The van der Waals surface area contributed by atoms with Crippen molar-refractivity contribution in [2.24, 2.45) is 5.92 Å². The van der Waals surface area contributed by atoms with Gasteiger partial charge in [-0.25, -0.2) is 0 Å². The number of nitrogens with one attached hydrogen (secondary N) is 2. The lowest BCUT2D eigenvalue weighted by Gasteiger charge is -2.09. The van der Waals surface area contributed by atoms with Crippen LogP contribution >= 0.6 is 0 Å². The van der Waals surface area contributed by atoms with Crippen molar-refractivity contribution in [1.82, 2.24) is 5.32 Å². The molecular formula is C19H19N3O2. The molecule has 24 heavy (non-hydrogen) atoms. The number of hydrogen-bond donors (Lipinski definition) is 2. The molecule has 2 aromatic carbocycles. The van der Waals surface area contributed by atoms with Crippen molar-refractivity contribution in [2.75, 3.05) is 11.9 Å². The Morgan fingerprint density at radius 3 is 2.38 bits per heavy atom. The van der Waals surface area contributed by atoms with Gasteiger partial charge in [0.1, 0.15) is 0 Å². The van der Waals surface area contributed by atoms with Gasteiger partial charge in [0.05, 0.1) is 11.6 Å². The first-order chi connectivity index (χ1) is 11.5. The number of amides is 2. The highest BCUT2D eigenvalue weighted by Gasteiger charge is 2.09. The Balaban J connectivity index is 2.02. The second kappa shape index (κ2) is 7.93. The number of nitriles is 1. The van der Waals surface area contributed by atoms with E-state index in [1.54, 1.807) is 42.5 Å². The molecule has 2 amide bonds. The van der Waals surface area contributed by atoms with Crippen molar-refractivity contribution in [3.8, 4) is 6.07 Å². The Morgan fingerprint density at radius 1 is 1.04 bits per heavy atom. The molecule has 0 spiro atoms. The average Bonchev–Trinajstić information content (AvgIpc) is 2.60. The molecule has 0 saturated heterocycles. The van der Waals surface area contributed by atoms with E-state index in [9.17, 15) is 9.59 Å². The van der Waals surface area contributed by atoms with Crippen molar-refractivity contribution < 1.29 is 9.59 Å². The first kappa shape index (κ1) is 17.2. The first-order valence-corrected chi connectivity index (χ1v) is 7.69. The summed E-state index contributed by atoms with van der Waals surface area (Å²) in [6.45, 7) is 4.67. The molecular weight excluding hydrogens is 302 g/mol. The lowest BCUT2D eigenvalue weighted by molar-refractivity contribution is 0.0948. The number of carbonyl (C=O) groups is 2. The summed E-state index contributed by atoms with van der Waals surface area (Å²) in [6, 6.07) is 15.2. The predicted molar refractivity (Wildman–Crippen MR) is 92.7 cm³/mol. The van der Waals surface area contributed by atoms with Crippen LogP contribution in [0.5, 0.6) is 0 Å². The molecule has 0 aliphatic heterocycles. The fourth-order valence-electron chi connectivity index (χ4n) is 2.04. The van der Waals surface area contributed by atoms with Crippen LogP contribution in [0.1, 0.15) is 40.1 Å². The van der Waals surface area contributed by atoms with Gasteiger partial charge in [-0.15, -0.1) is 0 Å². The summed E-state index contributed by atoms with van der Waals surface area (Å²) in [5.41, 5.74) is 1.97. The normalized spacial score (nSPS) is 10.1. The highest BCUT2D eigenvalue weighted by atomic mass is 16.2. The van der Waals surface area contributed by atoms with Crippen LogP contribution in [0.3, 0.4) is 0 Å². The largest absolute Gasteiger partial charge is 0.352 e. The number of carbonyl (C=O) groups excluding carboxylic acids is 2. The van der Waals surface area contributed by atoms with Crippen molar-refractivity contribution in [3.63, 3.8) is 0 Å². The molecule has 122 valence electrons. The summed E-state index contributed by atoms with van der Waals surface area (Å²) >= 11 is 0. The molecule has 0 aliphatic carbocycles. The van der Waals surface area contributed by atoms with E-state index in [0.29, 0.717) is 34.8 Å². The van der Waals surface area contributed by atoms with E-state index in [-0.39, 0.29) is 11.8 Å². The molecule has 0 aromatic heterocycles. The smallest absolute Gasteiger partial charge is 0.255 e. The maximum atomic E-state index is 12.2. The van der Waals surface area contributed by atoms with Gasteiger partial charge in [0.15, 0.2) is 0 Å².